The van der Waals surface area contributed by atoms with Crippen molar-refractivity contribution in [2.75, 3.05) is 20.3 Å². The van der Waals surface area contributed by atoms with E-state index in [0.717, 1.165) is 23.7 Å². The molecular formula is C19H24ClNO3. The van der Waals surface area contributed by atoms with Crippen LogP contribution in [0.25, 0.3) is 0 Å². The summed E-state index contributed by atoms with van der Waals surface area (Å²) in [5, 5.41) is 13.1. The second-order valence-corrected chi connectivity index (χ2v) is 6.12. The van der Waals surface area contributed by atoms with Gasteiger partial charge in [-0.1, -0.05) is 17.7 Å². The molecule has 0 radical (unpaired) electrons. The van der Waals surface area contributed by atoms with Gasteiger partial charge in [0.05, 0.1) is 13.7 Å². The van der Waals surface area contributed by atoms with E-state index in [9.17, 15) is 0 Å². The SMILES string of the molecule is COc1cc(CNCc2c(C)cc(Cl)cc2C)ccc1OCCO. The minimum Gasteiger partial charge on any atom is -0.493 e. The third-order valence-corrected chi connectivity index (χ3v) is 4.09. The first kappa shape index (κ1) is 18.6. The van der Waals surface area contributed by atoms with Gasteiger partial charge in [-0.15, -0.1) is 0 Å². The highest BCUT2D eigenvalue weighted by molar-refractivity contribution is 6.30. The summed E-state index contributed by atoms with van der Waals surface area (Å²) >= 11 is 6.07. The van der Waals surface area contributed by atoms with E-state index < -0.39 is 0 Å². The van der Waals surface area contributed by atoms with Crippen LogP contribution in [-0.2, 0) is 13.1 Å². The van der Waals surface area contributed by atoms with Gasteiger partial charge in [-0.2, -0.15) is 0 Å². The van der Waals surface area contributed by atoms with Gasteiger partial charge in [-0.05, 0) is 60.4 Å². The maximum atomic E-state index is 8.85. The van der Waals surface area contributed by atoms with Gasteiger partial charge in [0.2, 0.25) is 0 Å². The van der Waals surface area contributed by atoms with Gasteiger partial charge in [0.1, 0.15) is 6.61 Å². The number of methoxy groups -OCH3 is 1. The predicted octanol–water partition coefficient (Wildman–Crippen LogP) is 3.63. The third kappa shape index (κ3) is 4.87. The molecule has 2 N–H and O–H groups in total. The van der Waals surface area contributed by atoms with Crippen molar-refractivity contribution in [2.45, 2.75) is 26.9 Å². The Kier molecular flexibility index (Phi) is 6.91. The van der Waals surface area contributed by atoms with E-state index in [-0.39, 0.29) is 13.2 Å². The highest BCUT2D eigenvalue weighted by atomic mass is 35.5. The molecule has 2 rings (SSSR count). The molecule has 0 atom stereocenters. The molecule has 0 fully saturated rings. The van der Waals surface area contributed by atoms with Gasteiger partial charge < -0.3 is 19.9 Å². The summed E-state index contributed by atoms with van der Waals surface area (Å²) in [7, 11) is 1.61. The van der Waals surface area contributed by atoms with Gasteiger partial charge in [-0.25, -0.2) is 0 Å². The Morgan fingerprint density at radius 1 is 1.04 bits per heavy atom. The zero-order chi connectivity index (χ0) is 17.5. The maximum Gasteiger partial charge on any atom is 0.161 e. The molecule has 0 bridgehead atoms. The molecule has 0 aliphatic heterocycles. The number of aliphatic hydroxyl groups excluding tert-OH is 1. The van der Waals surface area contributed by atoms with Crippen LogP contribution in [0.5, 0.6) is 11.5 Å². The van der Waals surface area contributed by atoms with Crippen molar-refractivity contribution in [3.63, 3.8) is 0 Å². The topological polar surface area (TPSA) is 50.7 Å². The summed E-state index contributed by atoms with van der Waals surface area (Å²) in [4.78, 5) is 0. The number of nitrogens with one attached hydrogen (secondary N) is 1. The van der Waals surface area contributed by atoms with Crippen molar-refractivity contribution in [1.82, 2.24) is 5.32 Å². The molecule has 0 aliphatic rings. The highest BCUT2D eigenvalue weighted by Crippen LogP contribution is 2.28. The van der Waals surface area contributed by atoms with Gasteiger partial charge in [-0.3, -0.25) is 0 Å². The summed E-state index contributed by atoms with van der Waals surface area (Å²) in [6, 6.07) is 9.78. The van der Waals surface area contributed by atoms with Crippen molar-refractivity contribution in [3.8, 4) is 11.5 Å². The fourth-order valence-electron chi connectivity index (χ4n) is 2.65. The fourth-order valence-corrected chi connectivity index (χ4v) is 2.98. The average Bonchev–Trinajstić information content (AvgIpc) is 2.55. The molecule has 2 aromatic rings. The van der Waals surface area contributed by atoms with Crippen LogP contribution in [0.4, 0.5) is 0 Å². The molecule has 0 aliphatic carbocycles. The Morgan fingerprint density at radius 3 is 2.38 bits per heavy atom. The second kappa shape index (κ2) is 8.92. The van der Waals surface area contributed by atoms with Gasteiger partial charge in [0.25, 0.3) is 0 Å². The van der Waals surface area contributed by atoms with Crippen LogP contribution in [0.2, 0.25) is 5.02 Å². The van der Waals surface area contributed by atoms with Crippen molar-refractivity contribution in [3.05, 3.63) is 57.6 Å². The lowest BCUT2D eigenvalue weighted by Crippen LogP contribution is -2.14. The molecule has 24 heavy (non-hydrogen) atoms. The number of ether oxygens (including phenoxy) is 2. The minimum absolute atomic E-state index is 0.0216. The number of halogens is 1. The zero-order valence-corrected chi connectivity index (χ0v) is 15.1. The lowest BCUT2D eigenvalue weighted by Gasteiger charge is -2.14. The summed E-state index contributed by atoms with van der Waals surface area (Å²) in [5.74, 6) is 1.31. The summed E-state index contributed by atoms with van der Waals surface area (Å²) in [5.41, 5.74) is 4.76. The Bertz CT molecular complexity index is 665. The molecule has 5 heteroatoms. The van der Waals surface area contributed by atoms with E-state index in [1.54, 1.807) is 7.11 Å². The number of aliphatic hydroxyl groups is 1. The third-order valence-electron chi connectivity index (χ3n) is 3.87. The van der Waals surface area contributed by atoms with Crippen LogP contribution in [0.1, 0.15) is 22.3 Å². The molecular weight excluding hydrogens is 326 g/mol. The number of rotatable bonds is 8. The first-order valence-corrected chi connectivity index (χ1v) is 8.30. The normalized spacial score (nSPS) is 10.7. The monoisotopic (exact) mass is 349 g/mol. The van der Waals surface area contributed by atoms with E-state index in [4.69, 9.17) is 26.2 Å². The van der Waals surface area contributed by atoms with Crippen LogP contribution in [-0.4, -0.2) is 25.4 Å². The quantitative estimate of drug-likeness (QED) is 0.764. The van der Waals surface area contributed by atoms with E-state index >= 15 is 0 Å². The number of aryl methyl sites for hydroxylation is 2. The molecule has 0 amide bonds. The predicted molar refractivity (Wildman–Crippen MR) is 97.0 cm³/mol. The first-order valence-electron chi connectivity index (χ1n) is 7.92. The molecule has 0 spiro atoms. The Morgan fingerprint density at radius 2 is 1.75 bits per heavy atom. The van der Waals surface area contributed by atoms with E-state index in [1.807, 2.05) is 30.3 Å². The summed E-state index contributed by atoms with van der Waals surface area (Å²) < 4.78 is 10.8. The summed E-state index contributed by atoms with van der Waals surface area (Å²) in [6.45, 7) is 5.88. The number of benzene rings is 2. The zero-order valence-electron chi connectivity index (χ0n) is 14.4. The molecule has 0 heterocycles. The standard InChI is InChI=1S/C19H24ClNO3/c1-13-8-16(20)9-14(2)17(13)12-21-11-15-4-5-18(24-7-6-22)19(10-15)23-3/h4-5,8-10,21-22H,6-7,11-12H2,1-3H3. The molecule has 0 saturated carbocycles. The van der Waals surface area contributed by atoms with Crippen LogP contribution in [0.3, 0.4) is 0 Å². The van der Waals surface area contributed by atoms with Gasteiger partial charge in [0.15, 0.2) is 11.5 Å². The fraction of sp³-hybridized carbons (Fsp3) is 0.368. The van der Waals surface area contributed by atoms with E-state index in [2.05, 4.69) is 19.2 Å². The molecule has 2 aromatic carbocycles. The summed E-state index contributed by atoms with van der Waals surface area (Å²) in [6.07, 6.45) is 0. The van der Waals surface area contributed by atoms with Crippen molar-refractivity contribution >= 4 is 11.6 Å². The van der Waals surface area contributed by atoms with Crippen LogP contribution < -0.4 is 14.8 Å². The van der Waals surface area contributed by atoms with Crippen molar-refractivity contribution < 1.29 is 14.6 Å². The number of hydrogen-bond donors (Lipinski definition) is 2. The average molecular weight is 350 g/mol. The lowest BCUT2D eigenvalue weighted by molar-refractivity contribution is 0.196. The minimum atomic E-state index is -0.0216. The van der Waals surface area contributed by atoms with Gasteiger partial charge in [0, 0.05) is 18.1 Å². The van der Waals surface area contributed by atoms with Crippen LogP contribution >= 0.6 is 11.6 Å². The highest BCUT2D eigenvalue weighted by Gasteiger charge is 2.07. The largest absolute Gasteiger partial charge is 0.493 e. The Balaban J connectivity index is 2.00. The molecule has 130 valence electrons. The van der Waals surface area contributed by atoms with Crippen LogP contribution in [0, 0.1) is 13.8 Å². The number of hydrogen-bond acceptors (Lipinski definition) is 4. The lowest BCUT2D eigenvalue weighted by atomic mass is 10.0. The van der Waals surface area contributed by atoms with Gasteiger partial charge >= 0.3 is 0 Å². The maximum absolute atomic E-state index is 8.85. The van der Waals surface area contributed by atoms with E-state index in [1.165, 1.54) is 16.7 Å². The van der Waals surface area contributed by atoms with Crippen LogP contribution in [0.15, 0.2) is 30.3 Å². The first-order chi connectivity index (χ1) is 11.5. The van der Waals surface area contributed by atoms with Crippen molar-refractivity contribution in [2.24, 2.45) is 0 Å². The Labute approximate surface area is 148 Å². The smallest absolute Gasteiger partial charge is 0.161 e. The Hall–Kier alpha value is -1.75. The second-order valence-electron chi connectivity index (χ2n) is 5.68. The molecule has 0 unspecified atom stereocenters. The molecule has 0 saturated heterocycles. The molecule has 4 nitrogen and oxygen atoms in total. The van der Waals surface area contributed by atoms with E-state index in [0.29, 0.717) is 11.5 Å². The molecule has 0 aromatic heterocycles. The van der Waals surface area contributed by atoms with Crippen molar-refractivity contribution in [1.29, 1.82) is 0 Å².